The van der Waals surface area contributed by atoms with Gasteiger partial charge in [0.05, 0.1) is 0 Å². The predicted octanol–water partition coefficient (Wildman–Crippen LogP) is 2.36. The highest BCUT2D eigenvalue weighted by molar-refractivity contribution is 8.01. The lowest BCUT2D eigenvalue weighted by Gasteiger charge is -2.21. The van der Waals surface area contributed by atoms with Gasteiger partial charge in [0.25, 0.3) is 0 Å². The Hall–Kier alpha value is -0.220. The average molecular weight is 246 g/mol. The lowest BCUT2D eigenvalue weighted by molar-refractivity contribution is -0.154. The van der Waals surface area contributed by atoms with Crippen LogP contribution in [0.15, 0.2) is 0 Å². The van der Waals surface area contributed by atoms with Gasteiger partial charge in [-0.05, 0) is 46.5 Å². The highest BCUT2D eigenvalue weighted by Gasteiger charge is 2.33. The van der Waals surface area contributed by atoms with Gasteiger partial charge in [-0.2, -0.15) is 0 Å². The molecule has 0 aliphatic carbocycles. The van der Waals surface area contributed by atoms with E-state index in [1.165, 1.54) is 0 Å². The Morgan fingerprint density at radius 2 is 2.12 bits per heavy atom. The van der Waals surface area contributed by atoms with Crippen molar-refractivity contribution in [3.05, 3.63) is 0 Å². The zero-order chi connectivity index (χ0) is 12.2. The first-order chi connectivity index (χ1) is 7.42. The fraction of sp³-hybridized carbons (Fsp3) is 0.917. The smallest absolute Gasteiger partial charge is 0.319 e. The third-order valence-electron chi connectivity index (χ3n) is 2.46. The zero-order valence-corrected chi connectivity index (χ0v) is 11.2. The molecule has 1 heterocycles. The molecule has 94 valence electrons. The summed E-state index contributed by atoms with van der Waals surface area (Å²) in [5.74, 6) is -0.0796. The molecular weight excluding hydrogens is 224 g/mol. The first kappa shape index (κ1) is 13.8. The fourth-order valence-electron chi connectivity index (χ4n) is 1.78. The van der Waals surface area contributed by atoms with Crippen LogP contribution in [-0.4, -0.2) is 33.8 Å². The van der Waals surface area contributed by atoms with E-state index < -0.39 is 0 Å². The van der Waals surface area contributed by atoms with Gasteiger partial charge < -0.3 is 9.84 Å². The predicted molar refractivity (Wildman–Crippen MR) is 66.6 cm³/mol. The van der Waals surface area contributed by atoms with Crippen LogP contribution in [0.3, 0.4) is 0 Å². The maximum Gasteiger partial charge on any atom is 0.319 e. The maximum absolute atomic E-state index is 11.8. The number of carbonyl (C=O) groups excluding carboxylic acids is 1. The normalized spacial score (nSPS) is 25.8. The van der Waals surface area contributed by atoms with Gasteiger partial charge in [-0.1, -0.05) is 0 Å². The number of aliphatic hydroxyl groups is 1. The van der Waals surface area contributed by atoms with Gasteiger partial charge in [-0.15, -0.1) is 11.8 Å². The van der Waals surface area contributed by atoms with Crippen LogP contribution in [0.5, 0.6) is 0 Å². The molecule has 0 saturated carbocycles. The molecule has 0 amide bonds. The Kier molecular flexibility index (Phi) is 5.12. The summed E-state index contributed by atoms with van der Waals surface area (Å²) in [5, 5.41) is 9.27. The summed E-state index contributed by atoms with van der Waals surface area (Å²) in [4.78, 5) is 11.8. The summed E-state index contributed by atoms with van der Waals surface area (Å²) in [7, 11) is 0. The van der Waals surface area contributed by atoms with Crippen LogP contribution < -0.4 is 0 Å². The summed E-state index contributed by atoms with van der Waals surface area (Å²) in [6.45, 7) is 5.93. The molecule has 0 spiro atoms. The Labute approximate surface area is 102 Å². The third kappa shape index (κ3) is 4.74. The summed E-state index contributed by atoms with van der Waals surface area (Å²) in [6.07, 6.45) is 3.81. The number of hydrogen-bond donors (Lipinski definition) is 1. The van der Waals surface area contributed by atoms with E-state index in [4.69, 9.17) is 9.84 Å². The number of hydrogen-bond acceptors (Lipinski definition) is 4. The van der Waals surface area contributed by atoms with Gasteiger partial charge in [-0.3, -0.25) is 4.79 Å². The van der Waals surface area contributed by atoms with E-state index in [2.05, 4.69) is 0 Å². The van der Waals surface area contributed by atoms with Crippen molar-refractivity contribution < 1.29 is 14.6 Å². The quantitative estimate of drug-likeness (QED) is 0.774. The number of aliphatic hydroxyl groups excluding tert-OH is 1. The van der Waals surface area contributed by atoms with E-state index in [1.807, 2.05) is 20.8 Å². The number of ether oxygens (including phenoxy) is 1. The molecule has 1 fully saturated rings. The molecule has 1 rings (SSSR count). The van der Waals surface area contributed by atoms with E-state index in [-0.39, 0.29) is 23.4 Å². The van der Waals surface area contributed by atoms with Gasteiger partial charge in [0, 0.05) is 11.9 Å². The molecule has 0 aromatic carbocycles. The molecule has 2 unspecified atom stereocenters. The molecule has 0 aromatic rings. The molecule has 0 bridgehead atoms. The first-order valence-corrected chi connectivity index (χ1v) is 6.86. The van der Waals surface area contributed by atoms with E-state index in [0.29, 0.717) is 5.25 Å². The van der Waals surface area contributed by atoms with E-state index in [0.717, 1.165) is 25.7 Å². The summed E-state index contributed by atoms with van der Waals surface area (Å²) in [5.41, 5.74) is -0.388. The number of rotatable bonds is 4. The van der Waals surface area contributed by atoms with Crippen molar-refractivity contribution in [3.63, 3.8) is 0 Å². The Morgan fingerprint density at radius 1 is 1.44 bits per heavy atom. The summed E-state index contributed by atoms with van der Waals surface area (Å²) in [6, 6.07) is 0. The number of esters is 1. The second-order valence-corrected chi connectivity index (χ2v) is 6.73. The van der Waals surface area contributed by atoms with Gasteiger partial charge in [0.1, 0.15) is 10.9 Å². The van der Waals surface area contributed by atoms with E-state index in [1.54, 1.807) is 11.8 Å². The van der Waals surface area contributed by atoms with Crippen LogP contribution >= 0.6 is 11.8 Å². The summed E-state index contributed by atoms with van der Waals surface area (Å²) < 4.78 is 5.37. The van der Waals surface area contributed by atoms with Crippen LogP contribution in [0.1, 0.15) is 46.5 Å². The van der Waals surface area contributed by atoms with Crippen LogP contribution in [0.2, 0.25) is 0 Å². The van der Waals surface area contributed by atoms with Crippen molar-refractivity contribution in [2.75, 3.05) is 6.61 Å². The maximum atomic E-state index is 11.8. The minimum absolute atomic E-state index is 0.00270. The Balaban J connectivity index is 2.32. The van der Waals surface area contributed by atoms with Crippen LogP contribution in [0.25, 0.3) is 0 Å². The van der Waals surface area contributed by atoms with Crippen LogP contribution in [-0.2, 0) is 9.53 Å². The fourth-order valence-corrected chi connectivity index (χ4v) is 3.25. The number of carbonyl (C=O) groups is 1. The monoisotopic (exact) mass is 246 g/mol. The molecule has 2 atom stereocenters. The largest absolute Gasteiger partial charge is 0.459 e. The second kappa shape index (κ2) is 5.92. The van der Waals surface area contributed by atoms with Gasteiger partial charge >= 0.3 is 5.97 Å². The molecule has 1 aliphatic rings. The van der Waals surface area contributed by atoms with Crippen LogP contribution in [0, 0.1) is 0 Å². The van der Waals surface area contributed by atoms with E-state index >= 15 is 0 Å². The lowest BCUT2D eigenvalue weighted by Crippen LogP contribution is -2.29. The molecule has 0 radical (unpaired) electrons. The molecule has 1 aliphatic heterocycles. The molecule has 4 heteroatoms. The van der Waals surface area contributed by atoms with Gasteiger partial charge in [0.2, 0.25) is 0 Å². The van der Waals surface area contributed by atoms with Crippen molar-refractivity contribution in [1.29, 1.82) is 0 Å². The third-order valence-corrected chi connectivity index (χ3v) is 4.07. The highest BCUT2D eigenvalue weighted by Crippen LogP contribution is 2.37. The van der Waals surface area contributed by atoms with Gasteiger partial charge in [-0.25, -0.2) is 0 Å². The molecule has 1 saturated heterocycles. The van der Waals surface area contributed by atoms with Crippen molar-refractivity contribution >= 4 is 17.7 Å². The standard InChI is InChI=1S/C12H22O3S/c1-12(2,3)15-11(14)10-7-6-9(16-10)5-4-8-13/h9-10,13H,4-8H2,1-3H3. The molecule has 0 aromatic heterocycles. The van der Waals surface area contributed by atoms with E-state index in [9.17, 15) is 4.79 Å². The van der Waals surface area contributed by atoms with Crippen molar-refractivity contribution in [3.8, 4) is 0 Å². The second-order valence-electron chi connectivity index (χ2n) is 5.22. The topological polar surface area (TPSA) is 46.5 Å². The minimum Gasteiger partial charge on any atom is -0.459 e. The molecule has 1 N–H and O–H groups in total. The highest BCUT2D eigenvalue weighted by atomic mass is 32.2. The SMILES string of the molecule is CC(C)(C)OC(=O)C1CCC(CCCO)S1. The molecular formula is C12H22O3S. The lowest BCUT2D eigenvalue weighted by atomic mass is 10.1. The molecule has 16 heavy (non-hydrogen) atoms. The van der Waals surface area contributed by atoms with Crippen molar-refractivity contribution in [2.24, 2.45) is 0 Å². The first-order valence-electron chi connectivity index (χ1n) is 5.91. The average Bonchev–Trinajstić information content (AvgIpc) is 2.60. The minimum atomic E-state index is -0.388. The molecule has 3 nitrogen and oxygen atoms in total. The Morgan fingerprint density at radius 3 is 2.69 bits per heavy atom. The van der Waals surface area contributed by atoms with Gasteiger partial charge in [0.15, 0.2) is 0 Å². The number of thioether (sulfide) groups is 1. The zero-order valence-electron chi connectivity index (χ0n) is 10.4. The van der Waals surface area contributed by atoms with Crippen molar-refractivity contribution in [2.45, 2.75) is 62.6 Å². The van der Waals surface area contributed by atoms with Crippen LogP contribution in [0.4, 0.5) is 0 Å². The summed E-state index contributed by atoms with van der Waals surface area (Å²) >= 11 is 1.71. The Bertz CT molecular complexity index is 235. The van der Waals surface area contributed by atoms with Crippen molar-refractivity contribution in [1.82, 2.24) is 0 Å².